The fraction of sp³-hybridized carbons (Fsp3) is 0.286. The van der Waals surface area contributed by atoms with Crippen molar-refractivity contribution < 1.29 is 14.4 Å². The van der Waals surface area contributed by atoms with Gasteiger partial charge in [0.1, 0.15) is 23.5 Å². The van der Waals surface area contributed by atoms with Crippen LogP contribution in [0, 0.1) is 6.92 Å². The maximum atomic E-state index is 11.9. The molecule has 0 amide bonds. The molecule has 0 unspecified atom stereocenters. The smallest absolute Gasteiger partial charge is 0.349 e. The molecule has 0 spiro atoms. The minimum absolute atomic E-state index is 0.0338. The number of hydrogen-bond donors (Lipinski definition) is 1. The molecule has 0 aliphatic carbocycles. The zero-order chi connectivity index (χ0) is 14.0. The van der Waals surface area contributed by atoms with Gasteiger partial charge < -0.3 is 14.4 Å². The molecule has 0 atom stereocenters. The zero-order valence-corrected chi connectivity index (χ0v) is 11.1. The van der Waals surface area contributed by atoms with E-state index in [9.17, 15) is 9.90 Å². The Bertz CT molecular complexity index is 700. The maximum Gasteiger partial charge on any atom is 0.349 e. The van der Waals surface area contributed by atoms with Crippen LogP contribution in [0.4, 0.5) is 0 Å². The van der Waals surface area contributed by atoms with Crippen LogP contribution in [0.25, 0.3) is 11.0 Å². The maximum absolute atomic E-state index is 11.9. The van der Waals surface area contributed by atoms with Crippen LogP contribution in [0.15, 0.2) is 32.6 Å². The highest BCUT2D eigenvalue weighted by molar-refractivity contribution is 6.04. The van der Waals surface area contributed by atoms with Gasteiger partial charge in [0.05, 0.1) is 11.1 Å². The average Bonchev–Trinajstić information content (AvgIpc) is 2.38. The molecule has 5 nitrogen and oxygen atoms in total. The predicted molar refractivity (Wildman–Crippen MR) is 72.7 cm³/mol. The molecule has 0 radical (unpaired) electrons. The second-order valence-electron chi connectivity index (χ2n) is 4.16. The second-order valence-corrected chi connectivity index (χ2v) is 4.16. The van der Waals surface area contributed by atoms with E-state index in [1.807, 2.05) is 13.0 Å². The SMILES string of the molecule is CCON=C(C)c1c(O)c2cccc(C)c2oc1=O. The van der Waals surface area contributed by atoms with Gasteiger partial charge in [0.25, 0.3) is 0 Å². The van der Waals surface area contributed by atoms with Crippen LogP contribution in [0.3, 0.4) is 0 Å². The van der Waals surface area contributed by atoms with Crippen LogP contribution < -0.4 is 5.63 Å². The van der Waals surface area contributed by atoms with Crippen molar-refractivity contribution in [3.63, 3.8) is 0 Å². The molecule has 19 heavy (non-hydrogen) atoms. The lowest BCUT2D eigenvalue weighted by atomic mass is 10.1. The summed E-state index contributed by atoms with van der Waals surface area (Å²) in [5.41, 5.74) is 0.872. The van der Waals surface area contributed by atoms with Crippen molar-refractivity contribution >= 4 is 16.7 Å². The quantitative estimate of drug-likeness (QED) is 0.523. The minimum atomic E-state index is -0.625. The summed E-state index contributed by atoms with van der Waals surface area (Å²) >= 11 is 0. The Morgan fingerprint density at radius 2 is 2.21 bits per heavy atom. The van der Waals surface area contributed by atoms with Crippen molar-refractivity contribution in [1.29, 1.82) is 0 Å². The highest BCUT2D eigenvalue weighted by Crippen LogP contribution is 2.28. The first-order valence-corrected chi connectivity index (χ1v) is 5.98. The van der Waals surface area contributed by atoms with Gasteiger partial charge in [0, 0.05) is 0 Å². The third-order valence-corrected chi connectivity index (χ3v) is 2.80. The third-order valence-electron chi connectivity index (χ3n) is 2.80. The first kappa shape index (κ1) is 13.1. The number of aromatic hydroxyl groups is 1. The topological polar surface area (TPSA) is 72.0 Å². The van der Waals surface area contributed by atoms with Gasteiger partial charge in [-0.2, -0.15) is 0 Å². The van der Waals surface area contributed by atoms with E-state index in [1.165, 1.54) is 0 Å². The predicted octanol–water partition coefficient (Wildman–Crippen LogP) is 2.57. The molecule has 0 aliphatic heterocycles. The lowest BCUT2D eigenvalue weighted by molar-refractivity contribution is 0.158. The Morgan fingerprint density at radius 3 is 2.89 bits per heavy atom. The molecule has 0 fully saturated rings. The molecule has 0 aliphatic rings. The molecule has 100 valence electrons. The van der Waals surface area contributed by atoms with Crippen molar-refractivity contribution in [3.05, 3.63) is 39.7 Å². The Balaban J connectivity index is 2.74. The summed E-state index contributed by atoms with van der Waals surface area (Å²) in [5, 5.41) is 14.5. The van der Waals surface area contributed by atoms with Gasteiger partial charge in [-0.05, 0) is 32.4 Å². The van der Waals surface area contributed by atoms with Crippen molar-refractivity contribution in [1.82, 2.24) is 0 Å². The summed E-state index contributed by atoms with van der Waals surface area (Å²) < 4.78 is 5.25. The standard InChI is InChI=1S/C14H15NO4/c1-4-18-15-9(3)11-12(16)10-7-5-6-8(2)13(10)19-14(11)17/h5-7,16H,4H2,1-3H3. The number of aryl methyl sites for hydroxylation is 1. The normalized spacial score (nSPS) is 11.8. The molecule has 1 aromatic carbocycles. The lowest BCUT2D eigenvalue weighted by Gasteiger charge is -2.07. The molecular weight excluding hydrogens is 246 g/mol. The molecular formula is C14H15NO4. The van der Waals surface area contributed by atoms with E-state index in [2.05, 4.69) is 5.16 Å². The molecule has 1 aromatic heterocycles. The summed E-state index contributed by atoms with van der Waals surface area (Å²) in [6, 6.07) is 5.29. The summed E-state index contributed by atoms with van der Waals surface area (Å²) in [5.74, 6) is -0.129. The number of fused-ring (bicyclic) bond motifs is 1. The number of oxime groups is 1. The second kappa shape index (κ2) is 5.14. The lowest BCUT2D eigenvalue weighted by Crippen LogP contribution is -2.13. The summed E-state index contributed by atoms with van der Waals surface area (Å²) in [6.45, 7) is 5.56. The molecule has 2 aromatic rings. The molecule has 5 heteroatoms. The van der Waals surface area contributed by atoms with Gasteiger partial charge in [-0.3, -0.25) is 0 Å². The first-order chi connectivity index (χ1) is 9.06. The van der Waals surface area contributed by atoms with Crippen molar-refractivity contribution in [3.8, 4) is 5.75 Å². The van der Waals surface area contributed by atoms with Gasteiger partial charge in [-0.1, -0.05) is 17.3 Å². The largest absolute Gasteiger partial charge is 0.506 e. The Labute approximate surface area is 110 Å². The van der Waals surface area contributed by atoms with Crippen molar-refractivity contribution in [2.75, 3.05) is 6.61 Å². The van der Waals surface area contributed by atoms with E-state index in [4.69, 9.17) is 9.25 Å². The molecule has 0 bridgehead atoms. The Morgan fingerprint density at radius 1 is 1.47 bits per heavy atom. The Hall–Kier alpha value is -2.30. The van der Waals surface area contributed by atoms with E-state index < -0.39 is 5.63 Å². The molecule has 1 heterocycles. The highest BCUT2D eigenvalue weighted by Gasteiger charge is 2.17. The highest BCUT2D eigenvalue weighted by atomic mass is 16.6. The number of benzene rings is 1. The molecule has 1 N–H and O–H groups in total. The third kappa shape index (κ3) is 2.31. The van der Waals surface area contributed by atoms with E-state index in [0.29, 0.717) is 17.6 Å². The fourth-order valence-corrected chi connectivity index (χ4v) is 1.88. The van der Waals surface area contributed by atoms with Crippen molar-refractivity contribution in [2.45, 2.75) is 20.8 Å². The van der Waals surface area contributed by atoms with Crippen LogP contribution in [0.1, 0.15) is 25.0 Å². The monoisotopic (exact) mass is 261 g/mol. The van der Waals surface area contributed by atoms with Crippen molar-refractivity contribution in [2.24, 2.45) is 5.16 Å². The van der Waals surface area contributed by atoms with Gasteiger partial charge in [0.15, 0.2) is 0 Å². The van der Waals surface area contributed by atoms with E-state index in [-0.39, 0.29) is 17.0 Å². The Kier molecular flexibility index (Phi) is 3.55. The van der Waals surface area contributed by atoms with Crippen LogP contribution in [0.5, 0.6) is 5.75 Å². The van der Waals surface area contributed by atoms with Gasteiger partial charge >= 0.3 is 5.63 Å². The fourth-order valence-electron chi connectivity index (χ4n) is 1.88. The van der Waals surface area contributed by atoms with E-state index in [1.54, 1.807) is 26.0 Å². The van der Waals surface area contributed by atoms with Crippen LogP contribution in [-0.4, -0.2) is 17.4 Å². The number of nitrogens with zero attached hydrogens (tertiary/aromatic N) is 1. The van der Waals surface area contributed by atoms with E-state index >= 15 is 0 Å². The summed E-state index contributed by atoms with van der Waals surface area (Å²) in [7, 11) is 0. The van der Waals surface area contributed by atoms with Crippen LogP contribution in [-0.2, 0) is 4.84 Å². The number of hydrogen-bond acceptors (Lipinski definition) is 5. The summed E-state index contributed by atoms with van der Waals surface area (Å²) in [4.78, 5) is 16.8. The number of para-hydroxylation sites is 1. The van der Waals surface area contributed by atoms with Gasteiger partial charge in [-0.15, -0.1) is 0 Å². The molecule has 0 saturated carbocycles. The molecule has 2 rings (SSSR count). The van der Waals surface area contributed by atoms with Crippen LogP contribution >= 0.6 is 0 Å². The van der Waals surface area contributed by atoms with E-state index in [0.717, 1.165) is 5.56 Å². The average molecular weight is 261 g/mol. The van der Waals surface area contributed by atoms with Crippen LogP contribution in [0.2, 0.25) is 0 Å². The molecule has 0 saturated heterocycles. The van der Waals surface area contributed by atoms with Gasteiger partial charge in [-0.25, -0.2) is 4.79 Å². The first-order valence-electron chi connectivity index (χ1n) is 5.98. The number of rotatable bonds is 3. The summed E-state index contributed by atoms with van der Waals surface area (Å²) in [6.07, 6.45) is 0. The van der Waals surface area contributed by atoms with Gasteiger partial charge in [0.2, 0.25) is 0 Å². The minimum Gasteiger partial charge on any atom is -0.506 e. The zero-order valence-electron chi connectivity index (χ0n) is 11.1.